The molecular weight excluding hydrogens is 278 g/mol. The molecule has 102 valence electrons. The summed E-state index contributed by atoms with van der Waals surface area (Å²) >= 11 is 5.67. The Morgan fingerprint density at radius 3 is 2.61 bits per heavy atom. The summed E-state index contributed by atoms with van der Waals surface area (Å²) in [5.41, 5.74) is 6.28. The number of hydrogen-bond acceptors (Lipinski definition) is 2. The Hall–Kier alpha value is -0.840. The average Bonchev–Trinajstić information content (AvgIpc) is 2.20. The quantitative estimate of drug-likeness (QED) is 0.897. The van der Waals surface area contributed by atoms with Crippen molar-refractivity contribution in [1.29, 1.82) is 0 Å². The zero-order chi connectivity index (χ0) is 13.0. The molecule has 3 N–H and O–H groups in total. The number of amides is 1. The van der Waals surface area contributed by atoms with E-state index in [0.717, 1.165) is 5.56 Å². The van der Waals surface area contributed by atoms with Crippen LogP contribution in [0.25, 0.3) is 0 Å². The van der Waals surface area contributed by atoms with Crippen LogP contribution in [0.4, 0.5) is 4.39 Å². The number of nitrogens with one attached hydrogen (secondary N) is 1. The second-order valence-electron chi connectivity index (χ2n) is 4.14. The van der Waals surface area contributed by atoms with Crippen molar-refractivity contribution < 1.29 is 9.18 Å². The Labute approximate surface area is 117 Å². The zero-order valence-electron chi connectivity index (χ0n) is 10.2. The van der Waals surface area contributed by atoms with Crippen molar-refractivity contribution in [1.82, 2.24) is 5.32 Å². The maximum atomic E-state index is 13.0. The molecule has 0 saturated heterocycles. The predicted octanol–water partition coefficient (Wildman–Crippen LogP) is 2.82. The normalized spacial score (nSPS) is 13.4. The molecule has 2 unspecified atom stereocenters. The molecule has 0 saturated carbocycles. The SMILES string of the molecule is CC(N)CC(=O)NC(C)c1ccc(F)c(Cl)c1.Cl. The Balaban J connectivity index is 0.00000289. The van der Waals surface area contributed by atoms with Crippen molar-refractivity contribution in [3.8, 4) is 0 Å². The van der Waals surface area contributed by atoms with Crippen LogP contribution in [0.15, 0.2) is 18.2 Å². The minimum Gasteiger partial charge on any atom is -0.350 e. The van der Waals surface area contributed by atoms with Gasteiger partial charge in [-0.2, -0.15) is 0 Å². The molecule has 0 spiro atoms. The van der Waals surface area contributed by atoms with E-state index in [4.69, 9.17) is 17.3 Å². The predicted molar refractivity (Wildman–Crippen MR) is 73.5 cm³/mol. The lowest BCUT2D eigenvalue weighted by molar-refractivity contribution is -0.122. The molecule has 2 atom stereocenters. The van der Waals surface area contributed by atoms with E-state index in [2.05, 4.69) is 5.32 Å². The van der Waals surface area contributed by atoms with Crippen LogP contribution in [-0.4, -0.2) is 11.9 Å². The summed E-state index contributed by atoms with van der Waals surface area (Å²) in [6.07, 6.45) is 0.263. The Morgan fingerprint density at radius 1 is 1.50 bits per heavy atom. The number of carbonyl (C=O) groups excluding carboxylic acids is 1. The summed E-state index contributed by atoms with van der Waals surface area (Å²) in [4.78, 5) is 11.5. The second-order valence-corrected chi connectivity index (χ2v) is 4.55. The van der Waals surface area contributed by atoms with Crippen LogP contribution in [0, 0.1) is 5.82 Å². The van der Waals surface area contributed by atoms with Crippen LogP contribution >= 0.6 is 24.0 Å². The molecule has 1 rings (SSSR count). The minimum absolute atomic E-state index is 0. The highest BCUT2D eigenvalue weighted by Crippen LogP contribution is 2.20. The summed E-state index contributed by atoms with van der Waals surface area (Å²) in [7, 11) is 0. The standard InChI is InChI=1S/C12H16ClFN2O.ClH/c1-7(15)5-12(17)16-8(2)9-3-4-11(14)10(13)6-9;/h3-4,6-8H,5,15H2,1-2H3,(H,16,17);1H. The van der Waals surface area contributed by atoms with Crippen LogP contribution < -0.4 is 11.1 Å². The molecule has 1 aromatic carbocycles. The second kappa shape index (κ2) is 7.56. The third kappa shape index (κ3) is 5.21. The maximum Gasteiger partial charge on any atom is 0.222 e. The lowest BCUT2D eigenvalue weighted by Gasteiger charge is -2.15. The van der Waals surface area contributed by atoms with Crippen LogP contribution in [0.2, 0.25) is 5.02 Å². The van der Waals surface area contributed by atoms with Gasteiger partial charge in [-0.15, -0.1) is 12.4 Å². The molecule has 6 heteroatoms. The highest BCUT2D eigenvalue weighted by Gasteiger charge is 2.12. The lowest BCUT2D eigenvalue weighted by atomic mass is 10.1. The van der Waals surface area contributed by atoms with E-state index in [-0.39, 0.29) is 41.8 Å². The summed E-state index contributed by atoms with van der Waals surface area (Å²) in [5, 5.41) is 2.83. The van der Waals surface area contributed by atoms with Gasteiger partial charge in [0, 0.05) is 12.5 Å². The van der Waals surface area contributed by atoms with Gasteiger partial charge in [0.05, 0.1) is 11.1 Å². The Morgan fingerprint density at radius 2 is 2.11 bits per heavy atom. The highest BCUT2D eigenvalue weighted by molar-refractivity contribution is 6.30. The Bertz CT molecular complexity index is 413. The molecule has 3 nitrogen and oxygen atoms in total. The fraction of sp³-hybridized carbons (Fsp3) is 0.417. The smallest absolute Gasteiger partial charge is 0.222 e. The van der Waals surface area contributed by atoms with Crippen LogP contribution in [0.3, 0.4) is 0 Å². The molecule has 0 heterocycles. The number of hydrogen-bond donors (Lipinski definition) is 2. The molecule has 0 aliphatic heterocycles. The zero-order valence-corrected chi connectivity index (χ0v) is 11.8. The van der Waals surface area contributed by atoms with E-state index in [1.54, 1.807) is 13.0 Å². The number of rotatable bonds is 4. The average molecular weight is 295 g/mol. The summed E-state index contributed by atoms with van der Waals surface area (Å²) in [6.45, 7) is 3.57. The van der Waals surface area contributed by atoms with E-state index < -0.39 is 5.82 Å². The summed E-state index contributed by atoms with van der Waals surface area (Å²) in [5.74, 6) is -0.600. The van der Waals surface area contributed by atoms with Crippen molar-refractivity contribution in [3.63, 3.8) is 0 Å². The van der Waals surface area contributed by atoms with Gasteiger partial charge in [-0.05, 0) is 31.5 Å². The van der Waals surface area contributed by atoms with Gasteiger partial charge in [0.2, 0.25) is 5.91 Å². The van der Waals surface area contributed by atoms with Crippen molar-refractivity contribution in [3.05, 3.63) is 34.6 Å². The molecule has 0 fully saturated rings. The van der Waals surface area contributed by atoms with E-state index >= 15 is 0 Å². The van der Waals surface area contributed by atoms with E-state index in [0.29, 0.717) is 0 Å². The first kappa shape index (κ1) is 17.2. The van der Waals surface area contributed by atoms with Gasteiger partial charge >= 0.3 is 0 Å². The minimum atomic E-state index is -0.468. The molecule has 0 aromatic heterocycles. The van der Waals surface area contributed by atoms with Crippen LogP contribution in [0.5, 0.6) is 0 Å². The first-order chi connectivity index (χ1) is 7.90. The van der Waals surface area contributed by atoms with Crippen molar-refractivity contribution in [2.75, 3.05) is 0 Å². The topological polar surface area (TPSA) is 55.1 Å². The largest absolute Gasteiger partial charge is 0.350 e. The van der Waals surface area contributed by atoms with Crippen molar-refractivity contribution in [2.45, 2.75) is 32.4 Å². The molecule has 0 aliphatic rings. The molecule has 18 heavy (non-hydrogen) atoms. The van der Waals surface area contributed by atoms with Crippen LogP contribution in [-0.2, 0) is 4.79 Å². The van der Waals surface area contributed by atoms with Gasteiger partial charge in [0.15, 0.2) is 0 Å². The highest BCUT2D eigenvalue weighted by atomic mass is 35.5. The van der Waals surface area contributed by atoms with Gasteiger partial charge in [0.25, 0.3) is 0 Å². The van der Waals surface area contributed by atoms with Gasteiger partial charge in [-0.25, -0.2) is 4.39 Å². The van der Waals surface area contributed by atoms with E-state index in [9.17, 15) is 9.18 Å². The first-order valence-corrected chi connectivity index (χ1v) is 5.78. The molecule has 1 amide bonds. The van der Waals surface area contributed by atoms with Gasteiger partial charge < -0.3 is 11.1 Å². The van der Waals surface area contributed by atoms with Crippen molar-refractivity contribution >= 4 is 29.9 Å². The third-order valence-corrected chi connectivity index (χ3v) is 2.62. The monoisotopic (exact) mass is 294 g/mol. The molecular formula is C12H17Cl2FN2O. The molecule has 0 radical (unpaired) electrons. The van der Waals surface area contributed by atoms with E-state index in [1.807, 2.05) is 6.92 Å². The summed E-state index contributed by atoms with van der Waals surface area (Å²) in [6, 6.07) is 3.98. The maximum absolute atomic E-state index is 13.0. The fourth-order valence-corrected chi connectivity index (χ4v) is 1.65. The fourth-order valence-electron chi connectivity index (χ4n) is 1.46. The number of benzene rings is 1. The van der Waals surface area contributed by atoms with Gasteiger partial charge in [-0.3, -0.25) is 4.79 Å². The van der Waals surface area contributed by atoms with E-state index in [1.165, 1.54) is 12.1 Å². The van der Waals surface area contributed by atoms with Crippen molar-refractivity contribution in [2.24, 2.45) is 5.73 Å². The number of halogens is 3. The molecule has 0 bridgehead atoms. The Kier molecular flexibility index (Phi) is 7.21. The lowest BCUT2D eigenvalue weighted by Crippen LogP contribution is -2.31. The molecule has 0 aliphatic carbocycles. The third-order valence-electron chi connectivity index (χ3n) is 2.33. The first-order valence-electron chi connectivity index (χ1n) is 5.40. The molecule has 1 aromatic rings. The van der Waals surface area contributed by atoms with Crippen LogP contribution in [0.1, 0.15) is 31.9 Å². The van der Waals surface area contributed by atoms with Gasteiger partial charge in [-0.1, -0.05) is 17.7 Å². The van der Waals surface area contributed by atoms with Gasteiger partial charge in [0.1, 0.15) is 5.82 Å². The number of nitrogens with two attached hydrogens (primary N) is 1. The number of carbonyl (C=O) groups is 1. The summed E-state index contributed by atoms with van der Waals surface area (Å²) < 4.78 is 13.0.